The number of aromatic nitrogens is 4. The molecule has 1 fully saturated rings. The minimum Gasteiger partial charge on any atom is -0.399 e. The van der Waals surface area contributed by atoms with E-state index in [0.29, 0.717) is 29.1 Å². The summed E-state index contributed by atoms with van der Waals surface area (Å²) in [6, 6.07) is 13.4. The number of pyridine rings is 2. The third kappa shape index (κ3) is 11.0. The monoisotopic (exact) mass is 867 g/mol. The van der Waals surface area contributed by atoms with Gasteiger partial charge in [0, 0.05) is 90.0 Å². The minimum atomic E-state index is -1.22. The predicted octanol–water partition coefficient (Wildman–Crippen LogP) is 9.09. The Hall–Kier alpha value is -3.05. The first-order valence-electron chi connectivity index (χ1n) is 19.8. The number of aliphatic hydroxyl groups excluding tert-OH is 1. The van der Waals surface area contributed by atoms with Crippen LogP contribution < -0.4 is 5.46 Å². The molecule has 0 spiro atoms. The summed E-state index contributed by atoms with van der Waals surface area (Å²) in [5.41, 5.74) is 3.58. The molecule has 4 aromatic heterocycles. The Balaban J connectivity index is 0.000000223. The van der Waals surface area contributed by atoms with Crippen LogP contribution in [-0.2, 0) is 37.0 Å². The molecule has 5 aromatic rings. The number of nitrogens with zero attached hydrogens (tertiary/aromatic N) is 5. The van der Waals surface area contributed by atoms with Crippen LogP contribution in [-0.4, -0.2) is 96.8 Å². The largest absolute Gasteiger partial charge is 0.497 e. The number of carbonyl (C=O) groups is 1. The molecule has 1 amide bonds. The number of carbonyl (C=O) groups excluding carboxylic acids is 1. The van der Waals surface area contributed by atoms with Gasteiger partial charge in [-0.3, -0.25) is 4.79 Å². The first-order chi connectivity index (χ1) is 27.0. The van der Waals surface area contributed by atoms with Gasteiger partial charge in [-0.2, -0.15) is 0 Å². The molecule has 6 rings (SSSR count). The molecule has 11 nitrogen and oxygen atoms in total. The number of halogens is 2. The van der Waals surface area contributed by atoms with E-state index >= 15 is 0 Å². The molecular formula is C42H60BCl2N5O6Si2. The number of ether oxygens (including phenoxy) is 2. The van der Waals surface area contributed by atoms with E-state index < -0.39 is 40.6 Å². The highest BCUT2D eigenvalue weighted by molar-refractivity contribution is 6.76. The zero-order valence-electron chi connectivity index (χ0n) is 36.2. The lowest BCUT2D eigenvalue weighted by atomic mass is 9.80. The van der Waals surface area contributed by atoms with E-state index in [1.54, 1.807) is 44.7 Å². The Labute approximate surface area is 356 Å². The standard InChI is InChI=1S/C23H30ClN3O3Si.C19H30BClN2O3Si/c1-26(2)23(29)21(28)17-8-6-7-16(13-17)19-14-25-22-18(20(19)24)9-10-27(22)15-30-11-12-31(3,4)5;1-18(2)19(3,4)26-20(25-18)15-12-22-17-14(16(15)21)8-9-23(17)13-24-10-11-27(5,6)7/h6-10,13-14,21,28H,11-12,15H2,1-5H3;8-9,12H,10-11,13H2,1-7H3. The van der Waals surface area contributed by atoms with E-state index in [4.69, 9.17) is 42.0 Å². The molecule has 314 valence electrons. The molecule has 0 radical (unpaired) electrons. The Morgan fingerprint density at radius 3 is 1.83 bits per heavy atom. The van der Waals surface area contributed by atoms with Crippen molar-refractivity contribution in [2.45, 2.75) is 110 Å². The van der Waals surface area contributed by atoms with Crippen LogP contribution in [0.15, 0.2) is 61.2 Å². The molecule has 1 aromatic carbocycles. The van der Waals surface area contributed by atoms with Gasteiger partial charge in [0.25, 0.3) is 5.91 Å². The summed E-state index contributed by atoms with van der Waals surface area (Å²) in [5, 5.41) is 13.3. The molecule has 1 atom stereocenters. The fourth-order valence-corrected chi connectivity index (χ4v) is 8.22. The van der Waals surface area contributed by atoms with Gasteiger partial charge in [0.15, 0.2) is 6.10 Å². The Bertz CT molecular complexity index is 2200. The summed E-state index contributed by atoms with van der Waals surface area (Å²) in [5.74, 6) is -0.372. The second-order valence-corrected chi connectivity index (χ2v) is 30.6. The van der Waals surface area contributed by atoms with Gasteiger partial charge in [0.2, 0.25) is 0 Å². The minimum absolute atomic E-state index is 0.372. The number of benzene rings is 1. The van der Waals surface area contributed by atoms with E-state index in [1.807, 2.05) is 67.4 Å². The van der Waals surface area contributed by atoms with E-state index in [0.717, 1.165) is 64.0 Å². The normalized spacial score (nSPS) is 15.8. The van der Waals surface area contributed by atoms with Crippen molar-refractivity contribution >= 4 is 79.9 Å². The fraction of sp³-hybridized carbons (Fsp3) is 0.500. The van der Waals surface area contributed by atoms with Crippen LogP contribution in [0.1, 0.15) is 39.4 Å². The second-order valence-electron chi connectivity index (χ2n) is 18.6. The van der Waals surface area contributed by atoms with Crippen LogP contribution in [0.3, 0.4) is 0 Å². The smallest absolute Gasteiger partial charge is 0.399 e. The summed E-state index contributed by atoms with van der Waals surface area (Å²) in [6.07, 6.45) is 6.15. The number of amides is 1. The summed E-state index contributed by atoms with van der Waals surface area (Å²) in [4.78, 5) is 22.7. The zero-order valence-corrected chi connectivity index (χ0v) is 39.7. The maximum absolute atomic E-state index is 12.1. The van der Waals surface area contributed by atoms with Gasteiger partial charge in [-0.1, -0.05) is 80.7 Å². The molecule has 0 saturated carbocycles. The molecule has 1 N–H and O–H groups in total. The molecule has 5 heterocycles. The van der Waals surface area contributed by atoms with Gasteiger partial charge in [0.1, 0.15) is 24.8 Å². The number of aliphatic hydroxyl groups is 1. The molecule has 1 saturated heterocycles. The van der Waals surface area contributed by atoms with Crippen LogP contribution in [0.4, 0.5) is 0 Å². The summed E-state index contributed by atoms with van der Waals surface area (Å²) in [6.45, 7) is 24.6. The molecule has 1 aliphatic heterocycles. The number of likely N-dealkylation sites (N-methyl/N-ethyl adjacent to an activating group) is 1. The SMILES string of the molecule is CC1(C)OB(c2cnc3c(ccn3COCC[Si](C)(C)C)c2Cl)OC1(C)C.CN(C)C(=O)C(O)c1cccc(-c2cnc3c(ccn3COCC[Si](C)(C)C)c2Cl)c1. The first-order valence-corrected chi connectivity index (χ1v) is 27.9. The van der Waals surface area contributed by atoms with Crippen LogP contribution in [0.25, 0.3) is 33.2 Å². The Kier molecular flexibility index (Phi) is 14.5. The predicted molar refractivity (Wildman–Crippen MR) is 243 cm³/mol. The molecule has 1 unspecified atom stereocenters. The second kappa shape index (κ2) is 18.3. The zero-order chi connectivity index (χ0) is 42.8. The topological polar surface area (TPSA) is 113 Å². The van der Waals surface area contributed by atoms with Crippen molar-refractivity contribution in [1.29, 1.82) is 0 Å². The molecule has 0 bridgehead atoms. The maximum Gasteiger partial charge on any atom is 0.497 e. The lowest BCUT2D eigenvalue weighted by Crippen LogP contribution is -2.41. The van der Waals surface area contributed by atoms with Crippen molar-refractivity contribution in [1.82, 2.24) is 24.0 Å². The van der Waals surface area contributed by atoms with Crippen LogP contribution in [0.5, 0.6) is 0 Å². The molecular weight excluding hydrogens is 808 g/mol. The van der Waals surface area contributed by atoms with Crippen molar-refractivity contribution in [2.75, 3.05) is 27.3 Å². The van der Waals surface area contributed by atoms with E-state index in [9.17, 15) is 9.90 Å². The lowest BCUT2D eigenvalue weighted by Gasteiger charge is -2.32. The van der Waals surface area contributed by atoms with Gasteiger partial charge in [0.05, 0.1) is 21.2 Å². The highest BCUT2D eigenvalue weighted by atomic mass is 35.5. The maximum atomic E-state index is 12.1. The average molecular weight is 869 g/mol. The molecule has 58 heavy (non-hydrogen) atoms. The highest BCUT2D eigenvalue weighted by Crippen LogP contribution is 2.38. The first kappa shape index (κ1) is 46.0. The highest BCUT2D eigenvalue weighted by Gasteiger charge is 2.52. The average Bonchev–Trinajstić information content (AvgIpc) is 3.81. The van der Waals surface area contributed by atoms with E-state index in [2.05, 4.69) is 49.3 Å². The number of hydrogen-bond donors (Lipinski definition) is 1. The van der Waals surface area contributed by atoms with Crippen molar-refractivity contribution < 1.29 is 28.7 Å². The lowest BCUT2D eigenvalue weighted by molar-refractivity contribution is -0.137. The van der Waals surface area contributed by atoms with Gasteiger partial charge in [-0.15, -0.1) is 0 Å². The van der Waals surface area contributed by atoms with Gasteiger partial charge in [-0.05, 0) is 69.1 Å². The van der Waals surface area contributed by atoms with E-state index in [-0.39, 0.29) is 5.91 Å². The molecule has 16 heteroatoms. The van der Waals surface area contributed by atoms with Gasteiger partial charge < -0.3 is 37.9 Å². The quantitative estimate of drug-likeness (QED) is 0.0870. The number of hydrogen-bond acceptors (Lipinski definition) is 8. The summed E-state index contributed by atoms with van der Waals surface area (Å²) < 4.78 is 27.9. The summed E-state index contributed by atoms with van der Waals surface area (Å²) in [7, 11) is 0.499. The van der Waals surface area contributed by atoms with Gasteiger partial charge >= 0.3 is 7.12 Å². The summed E-state index contributed by atoms with van der Waals surface area (Å²) >= 11 is 13.4. The third-order valence-electron chi connectivity index (χ3n) is 10.6. The van der Waals surface area contributed by atoms with Crippen molar-refractivity contribution in [3.05, 3.63) is 76.8 Å². The van der Waals surface area contributed by atoms with Crippen molar-refractivity contribution in [2.24, 2.45) is 0 Å². The van der Waals surface area contributed by atoms with Crippen LogP contribution in [0.2, 0.25) is 61.4 Å². The third-order valence-corrected chi connectivity index (χ3v) is 14.9. The fourth-order valence-electron chi connectivity index (χ4n) is 6.12. The molecule has 1 aliphatic rings. The Morgan fingerprint density at radius 2 is 1.33 bits per heavy atom. The van der Waals surface area contributed by atoms with Gasteiger partial charge in [-0.25, -0.2) is 9.97 Å². The van der Waals surface area contributed by atoms with E-state index in [1.165, 1.54) is 4.90 Å². The van der Waals surface area contributed by atoms with Crippen molar-refractivity contribution in [3.63, 3.8) is 0 Å². The number of rotatable bonds is 14. The van der Waals surface area contributed by atoms with Crippen LogP contribution >= 0.6 is 23.2 Å². The molecule has 0 aliphatic carbocycles. The van der Waals surface area contributed by atoms with Crippen molar-refractivity contribution in [3.8, 4) is 11.1 Å². The number of fused-ring (bicyclic) bond motifs is 2. The van der Waals surface area contributed by atoms with Crippen LogP contribution in [0, 0.1) is 0 Å². The Morgan fingerprint density at radius 1 is 0.828 bits per heavy atom.